The van der Waals surface area contributed by atoms with E-state index in [0.29, 0.717) is 12.5 Å². The molecule has 0 bridgehead atoms. The summed E-state index contributed by atoms with van der Waals surface area (Å²) in [5.74, 6) is 0.496. The van der Waals surface area contributed by atoms with Gasteiger partial charge in [-0.25, -0.2) is 0 Å². The van der Waals surface area contributed by atoms with E-state index in [-0.39, 0.29) is 0 Å². The topological polar surface area (TPSA) is 43.8 Å². The number of hydrogen-bond acceptors (Lipinski definition) is 2. The lowest BCUT2D eigenvalue weighted by molar-refractivity contribution is 0.677. The lowest BCUT2D eigenvalue weighted by Gasteiger charge is -2.05. The minimum Gasteiger partial charge on any atom is -0.330 e. The van der Waals surface area contributed by atoms with E-state index >= 15 is 0 Å². The quantitative estimate of drug-likeness (QED) is 0.856. The Hall–Kier alpha value is -1.35. The highest BCUT2D eigenvalue weighted by Gasteiger charge is 2.11. The summed E-state index contributed by atoms with van der Waals surface area (Å²) in [5.41, 5.74) is 9.21. The third-order valence-corrected chi connectivity index (χ3v) is 2.92. The Bertz CT molecular complexity index is 497. The van der Waals surface area contributed by atoms with Crippen LogP contribution in [0.25, 0.3) is 10.9 Å². The van der Waals surface area contributed by atoms with Gasteiger partial charge in [0.15, 0.2) is 0 Å². The van der Waals surface area contributed by atoms with Crippen molar-refractivity contribution in [3.8, 4) is 0 Å². The zero-order valence-electron chi connectivity index (χ0n) is 10.2. The van der Waals surface area contributed by atoms with Crippen molar-refractivity contribution in [3.05, 3.63) is 29.5 Å². The van der Waals surface area contributed by atoms with E-state index in [1.165, 1.54) is 16.6 Å². The van der Waals surface area contributed by atoms with Crippen molar-refractivity contribution in [3.63, 3.8) is 0 Å². The first-order valence-electron chi connectivity index (χ1n) is 5.79. The van der Waals surface area contributed by atoms with Gasteiger partial charge in [-0.05, 0) is 30.5 Å². The van der Waals surface area contributed by atoms with Crippen LogP contribution >= 0.6 is 0 Å². The summed E-state index contributed by atoms with van der Waals surface area (Å²) in [6.07, 6.45) is 0.920. The van der Waals surface area contributed by atoms with Gasteiger partial charge in [0, 0.05) is 18.1 Å². The molecule has 0 radical (unpaired) electrons. The van der Waals surface area contributed by atoms with Crippen molar-refractivity contribution in [1.82, 2.24) is 9.78 Å². The second-order valence-electron chi connectivity index (χ2n) is 4.55. The van der Waals surface area contributed by atoms with Crippen molar-refractivity contribution in [1.29, 1.82) is 0 Å². The van der Waals surface area contributed by atoms with Crippen LogP contribution in [0.2, 0.25) is 0 Å². The van der Waals surface area contributed by atoms with E-state index in [9.17, 15) is 0 Å². The van der Waals surface area contributed by atoms with Crippen LogP contribution in [0, 0.1) is 0 Å². The predicted molar refractivity (Wildman–Crippen MR) is 67.6 cm³/mol. The van der Waals surface area contributed by atoms with Crippen molar-refractivity contribution >= 4 is 10.9 Å². The third-order valence-electron chi connectivity index (χ3n) is 2.92. The molecule has 0 spiro atoms. The minimum atomic E-state index is 0.496. The zero-order valence-corrected chi connectivity index (χ0v) is 10.2. The fraction of sp³-hybridized carbons (Fsp3) is 0.462. The van der Waals surface area contributed by atoms with Crippen molar-refractivity contribution in [2.45, 2.75) is 26.2 Å². The number of fused-ring (bicyclic) bond motifs is 1. The van der Waals surface area contributed by atoms with Crippen molar-refractivity contribution in [2.24, 2.45) is 12.8 Å². The molecule has 1 heterocycles. The van der Waals surface area contributed by atoms with Crippen LogP contribution in [0.3, 0.4) is 0 Å². The number of nitrogens with two attached hydrogens (primary N) is 1. The van der Waals surface area contributed by atoms with Crippen LogP contribution in [0.15, 0.2) is 18.2 Å². The Kier molecular flexibility index (Phi) is 2.97. The number of aromatic nitrogens is 2. The minimum absolute atomic E-state index is 0.496. The summed E-state index contributed by atoms with van der Waals surface area (Å²) in [6, 6.07) is 6.47. The summed E-state index contributed by atoms with van der Waals surface area (Å²) >= 11 is 0. The summed E-state index contributed by atoms with van der Waals surface area (Å²) < 4.78 is 1.99. The molecular weight excluding hydrogens is 198 g/mol. The van der Waals surface area contributed by atoms with E-state index in [1.54, 1.807) is 0 Å². The van der Waals surface area contributed by atoms with Crippen LogP contribution in [0.4, 0.5) is 0 Å². The maximum absolute atomic E-state index is 5.56. The van der Waals surface area contributed by atoms with E-state index in [1.807, 2.05) is 11.7 Å². The van der Waals surface area contributed by atoms with Gasteiger partial charge in [0.25, 0.3) is 0 Å². The van der Waals surface area contributed by atoms with E-state index in [4.69, 9.17) is 5.73 Å². The van der Waals surface area contributed by atoms with E-state index in [0.717, 1.165) is 11.9 Å². The SMILES string of the molecule is CC(C)c1c2ccc(CCN)cc2nn1C. The molecule has 0 amide bonds. The first-order valence-corrected chi connectivity index (χ1v) is 5.79. The van der Waals surface area contributed by atoms with Crippen LogP contribution in [0.5, 0.6) is 0 Å². The molecule has 3 heteroatoms. The second kappa shape index (κ2) is 4.26. The smallest absolute Gasteiger partial charge is 0.0928 e. The average molecular weight is 217 g/mol. The number of rotatable bonds is 3. The molecule has 0 aliphatic rings. The second-order valence-corrected chi connectivity index (χ2v) is 4.55. The molecule has 0 unspecified atom stereocenters. The molecule has 0 atom stereocenters. The standard InChI is InChI=1S/C13H19N3/c1-9(2)13-11-5-4-10(6-7-14)8-12(11)15-16(13)3/h4-5,8-9H,6-7,14H2,1-3H3. The molecule has 2 aromatic rings. The Morgan fingerprint density at radius 3 is 2.75 bits per heavy atom. The van der Waals surface area contributed by atoms with Gasteiger partial charge in [-0.15, -0.1) is 0 Å². The number of nitrogens with zero attached hydrogens (tertiary/aromatic N) is 2. The van der Waals surface area contributed by atoms with Crippen LogP contribution in [-0.2, 0) is 13.5 Å². The molecular formula is C13H19N3. The molecule has 86 valence electrons. The highest BCUT2D eigenvalue weighted by Crippen LogP contribution is 2.25. The van der Waals surface area contributed by atoms with Crippen LogP contribution in [-0.4, -0.2) is 16.3 Å². The van der Waals surface area contributed by atoms with E-state index < -0.39 is 0 Å². The van der Waals surface area contributed by atoms with Gasteiger partial charge in [-0.2, -0.15) is 5.10 Å². The molecule has 0 saturated carbocycles. The van der Waals surface area contributed by atoms with Gasteiger partial charge in [-0.1, -0.05) is 26.0 Å². The molecule has 2 rings (SSSR count). The molecule has 0 aliphatic carbocycles. The van der Waals surface area contributed by atoms with Gasteiger partial charge < -0.3 is 5.73 Å². The largest absolute Gasteiger partial charge is 0.330 e. The Morgan fingerprint density at radius 2 is 2.12 bits per heavy atom. The molecule has 16 heavy (non-hydrogen) atoms. The van der Waals surface area contributed by atoms with Crippen LogP contribution < -0.4 is 5.73 Å². The maximum Gasteiger partial charge on any atom is 0.0928 e. The van der Waals surface area contributed by atoms with Gasteiger partial charge >= 0.3 is 0 Å². The van der Waals surface area contributed by atoms with Crippen LogP contribution in [0.1, 0.15) is 31.0 Å². The molecule has 0 aliphatic heterocycles. The zero-order chi connectivity index (χ0) is 11.7. The van der Waals surface area contributed by atoms with Crippen molar-refractivity contribution < 1.29 is 0 Å². The number of benzene rings is 1. The number of aryl methyl sites for hydroxylation is 1. The molecule has 0 fully saturated rings. The first-order chi connectivity index (χ1) is 7.63. The Labute approximate surface area is 96.2 Å². The lowest BCUT2D eigenvalue weighted by atomic mass is 10.0. The monoisotopic (exact) mass is 217 g/mol. The Morgan fingerprint density at radius 1 is 1.38 bits per heavy atom. The van der Waals surface area contributed by atoms with E-state index in [2.05, 4.69) is 37.1 Å². The van der Waals surface area contributed by atoms with Gasteiger partial charge in [-0.3, -0.25) is 4.68 Å². The summed E-state index contributed by atoms with van der Waals surface area (Å²) in [5, 5.41) is 5.82. The van der Waals surface area contributed by atoms with Crippen molar-refractivity contribution in [2.75, 3.05) is 6.54 Å². The average Bonchev–Trinajstić information content (AvgIpc) is 2.53. The normalized spacial score (nSPS) is 11.6. The predicted octanol–water partition coefficient (Wildman–Crippen LogP) is 2.20. The van der Waals surface area contributed by atoms with Gasteiger partial charge in [0.2, 0.25) is 0 Å². The third kappa shape index (κ3) is 1.83. The van der Waals surface area contributed by atoms with Gasteiger partial charge in [0.1, 0.15) is 0 Å². The summed E-state index contributed by atoms with van der Waals surface area (Å²) in [4.78, 5) is 0. The first kappa shape index (κ1) is 11.1. The molecule has 0 saturated heterocycles. The maximum atomic E-state index is 5.56. The Balaban J connectivity index is 2.56. The summed E-state index contributed by atoms with van der Waals surface area (Å²) in [7, 11) is 2.01. The molecule has 2 N–H and O–H groups in total. The fourth-order valence-electron chi connectivity index (χ4n) is 2.27. The highest BCUT2D eigenvalue weighted by atomic mass is 15.3. The molecule has 1 aromatic heterocycles. The molecule has 1 aromatic carbocycles. The summed E-state index contributed by atoms with van der Waals surface area (Å²) in [6.45, 7) is 5.09. The number of hydrogen-bond donors (Lipinski definition) is 1. The lowest BCUT2D eigenvalue weighted by Crippen LogP contribution is -2.02. The highest BCUT2D eigenvalue weighted by molar-refractivity contribution is 5.82. The fourth-order valence-corrected chi connectivity index (χ4v) is 2.27. The molecule has 3 nitrogen and oxygen atoms in total. The van der Waals surface area contributed by atoms with Gasteiger partial charge in [0.05, 0.1) is 5.52 Å².